The number of carbonyl (C=O) groups excluding carboxylic acids is 1. The molecular weight excluding hydrogens is 224 g/mol. The highest BCUT2D eigenvalue weighted by atomic mass is 16.1. The molecule has 1 heterocycles. The maximum Gasteiger partial charge on any atom is 0.165 e. The minimum Gasteiger partial charge on any atom is -0.357 e. The lowest BCUT2D eigenvalue weighted by Gasteiger charge is -2.28. The third-order valence-corrected chi connectivity index (χ3v) is 3.86. The molecule has 0 unspecified atom stereocenters. The Labute approximate surface area is 105 Å². The molecule has 18 heavy (non-hydrogen) atoms. The van der Waals surface area contributed by atoms with E-state index in [1.807, 2.05) is 12.1 Å². The van der Waals surface area contributed by atoms with Crippen LogP contribution in [0.1, 0.15) is 48.3 Å². The van der Waals surface area contributed by atoms with Gasteiger partial charge in [-0.2, -0.15) is 5.26 Å². The summed E-state index contributed by atoms with van der Waals surface area (Å²) in [5.41, 5.74) is 3.35. The molecule has 0 bridgehead atoms. The summed E-state index contributed by atoms with van der Waals surface area (Å²) >= 11 is 0. The molecule has 0 fully saturated rings. The first kappa shape index (κ1) is 11.0. The molecule has 0 saturated carbocycles. The van der Waals surface area contributed by atoms with E-state index in [4.69, 9.17) is 5.26 Å². The Morgan fingerprint density at radius 1 is 1.39 bits per heavy atom. The first-order valence-corrected chi connectivity index (χ1v) is 6.12. The molecule has 0 spiro atoms. The molecule has 1 aliphatic carbocycles. The van der Waals surface area contributed by atoms with E-state index in [0.29, 0.717) is 12.0 Å². The summed E-state index contributed by atoms with van der Waals surface area (Å²) in [6, 6.07) is 7.59. The number of nitrogens with one attached hydrogen (secondary N) is 1. The minimum atomic E-state index is -0.00489. The zero-order valence-electron chi connectivity index (χ0n) is 10.5. The normalized spacial score (nSPS) is 17.5. The number of rotatable bonds is 0. The van der Waals surface area contributed by atoms with E-state index in [1.165, 1.54) is 0 Å². The van der Waals surface area contributed by atoms with E-state index in [9.17, 15) is 4.79 Å². The van der Waals surface area contributed by atoms with Crippen LogP contribution in [-0.2, 0) is 5.41 Å². The SMILES string of the molecule is CC1(C)CCC(=O)c2c1[nH]c1cc(C#N)ccc21. The summed E-state index contributed by atoms with van der Waals surface area (Å²) in [5.74, 6) is 0.209. The van der Waals surface area contributed by atoms with Gasteiger partial charge >= 0.3 is 0 Å². The lowest BCUT2D eigenvalue weighted by Crippen LogP contribution is -2.26. The van der Waals surface area contributed by atoms with Crippen LogP contribution in [0.4, 0.5) is 0 Å². The fraction of sp³-hybridized carbons (Fsp3) is 0.333. The summed E-state index contributed by atoms with van der Waals surface area (Å²) in [5, 5.41) is 9.87. The molecule has 0 aliphatic heterocycles. The predicted molar refractivity (Wildman–Crippen MR) is 69.6 cm³/mol. The summed E-state index contributed by atoms with van der Waals surface area (Å²) < 4.78 is 0. The number of Topliss-reactive ketones (excluding diaryl/α,β-unsaturated/α-hetero) is 1. The molecule has 3 heteroatoms. The van der Waals surface area contributed by atoms with Crippen LogP contribution in [-0.4, -0.2) is 10.8 Å². The van der Waals surface area contributed by atoms with Gasteiger partial charge in [-0.05, 0) is 18.6 Å². The topological polar surface area (TPSA) is 56.6 Å². The van der Waals surface area contributed by atoms with Crippen LogP contribution in [0.15, 0.2) is 18.2 Å². The van der Waals surface area contributed by atoms with Crippen molar-refractivity contribution in [1.82, 2.24) is 4.98 Å². The molecule has 3 nitrogen and oxygen atoms in total. The fourth-order valence-electron chi connectivity index (χ4n) is 2.74. The number of aromatic nitrogens is 1. The van der Waals surface area contributed by atoms with Crippen molar-refractivity contribution in [3.63, 3.8) is 0 Å². The maximum atomic E-state index is 12.1. The number of H-pyrrole nitrogens is 1. The number of benzene rings is 1. The summed E-state index contributed by atoms with van der Waals surface area (Å²) in [6.45, 7) is 4.30. The highest BCUT2D eigenvalue weighted by Gasteiger charge is 2.34. The monoisotopic (exact) mass is 238 g/mol. The van der Waals surface area contributed by atoms with E-state index in [1.54, 1.807) is 6.07 Å². The van der Waals surface area contributed by atoms with Gasteiger partial charge in [0.25, 0.3) is 0 Å². The van der Waals surface area contributed by atoms with Crippen molar-refractivity contribution in [2.75, 3.05) is 0 Å². The molecule has 0 saturated heterocycles. The number of ketones is 1. The van der Waals surface area contributed by atoms with Crippen molar-refractivity contribution in [2.45, 2.75) is 32.1 Å². The summed E-state index contributed by atoms with van der Waals surface area (Å²) in [4.78, 5) is 15.5. The van der Waals surface area contributed by atoms with Crippen LogP contribution in [0.5, 0.6) is 0 Å². The molecule has 0 radical (unpaired) electrons. The van der Waals surface area contributed by atoms with Gasteiger partial charge in [-0.1, -0.05) is 19.9 Å². The van der Waals surface area contributed by atoms with E-state index in [-0.39, 0.29) is 11.2 Å². The van der Waals surface area contributed by atoms with Gasteiger partial charge in [0, 0.05) is 34.0 Å². The van der Waals surface area contributed by atoms with Gasteiger partial charge in [-0.3, -0.25) is 4.79 Å². The van der Waals surface area contributed by atoms with E-state index in [2.05, 4.69) is 24.9 Å². The van der Waals surface area contributed by atoms with Gasteiger partial charge in [0.2, 0.25) is 0 Å². The van der Waals surface area contributed by atoms with Crippen molar-refractivity contribution in [1.29, 1.82) is 5.26 Å². The van der Waals surface area contributed by atoms with Crippen molar-refractivity contribution in [3.05, 3.63) is 35.0 Å². The van der Waals surface area contributed by atoms with Crippen molar-refractivity contribution >= 4 is 16.7 Å². The Bertz CT molecular complexity index is 701. The third-order valence-electron chi connectivity index (χ3n) is 3.86. The quantitative estimate of drug-likeness (QED) is 0.765. The summed E-state index contributed by atoms with van der Waals surface area (Å²) in [7, 11) is 0. The number of hydrogen-bond acceptors (Lipinski definition) is 2. The number of carbonyl (C=O) groups is 1. The first-order chi connectivity index (χ1) is 8.53. The molecule has 1 aromatic heterocycles. The molecule has 90 valence electrons. The van der Waals surface area contributed by atoms with Crippen LogP contribution in [0.2, 0.25) is 0 Å². The Hall–Kier alpha value is -2.08. The van der Waals surface area contributed by atoms with E-state index < -0.39 is 0 Å². The van der Waals surface area contributed by atoms with Crippen molar-refractivity contribution in [3.8, 4) is 6.07 Å². The van der Waals surface area contributed by atoms with Crippen molar-refractivity contribution in [2.24, 2.45) is 0 Å². The lowest BCUT2D eigenvalue weighted by atomic mass is 9.76. The molecule has 0 atom stereocenters. The highest BCUT2D eigenvalue weighted by molar-refractivity contribution is 6.10. The fourth-order valence-corrected chi connectivity index (χ4v) is 2.74. The van der Waals surface area contributed by atoms with Crippen LogP contribution < -0.4 is 0 Å². The van der Waals surface area contributed by atoms with Gasteiger partial charge in [-0.15, -0.1) is 0 Å². The zero-order chi connectivity index (χ0) is 12.9. The van der Waals surface area contributed by atoms with E-state index >= 15 is 0 Å². The molecule has 3 rings (SSSR count). The Morgan fingerprint density at radius 2 is 2.17 bits per heavy atom. The van der Waals surface area contributed by atoms with Gasteiger partial charge in [-0.25, -0.2) is 0 Å². The molecule has 1 N–H and O–H groups in total. The van der Waals surface area contributed by atoms with E-state index in [0.717, 1.165) is 28.6 Å². The lowest BCUT2D eigenvalue weighted by molar-refractivity contribution is 0.0958. The van der Waals surface area contributed by atoms with Crippen LogP contribution >= 0.6 is 0 Å². The standard InChI is InChI=1S/C15H14N2O/c1-15(2)6-5-12(18)13-10-4-3-9(8-16)7-11(10)17-14(13)15/h3-4,7,17H,5-6H2,1-2H3. The molecule has 0 amide bonds. The molecule has 1 aromatic carbocycles. The second kappa shape index (κ2) is 3.46. The predicted octanol–water partition coefficient (Wildman–Crippen LogP) is 3.29. The van der Waals surface area contributed by atoms with Crippen LogP contribution in [0, 0.1) is 11.3 Å². The Balaban J connectivity index is 2.37. The Morgan fingerprint density at radius 3 is 2.89 bits per heavy atom. The zero-order valence-corrected chi connectivity index (χ0v) is 10.5. The maximum absolute atomic E-state index is 12.1. The van der Waals surface area contributed by atoms with Gasteiger partial charge in [0.1, 0.15) is 0 Å². The molecule has 1 aliphatic rings. The van der Waals surface area contributed by atoms with Gasteiger partial charge in [0.15, 0.2) is 5.78 Å². The number of hydrogen-bond donors (Lipinski definition) is 1. The van der Waals surface area contributed by atoms with Crippen LogP contribution in [0.25, 0.3) is 10.9 Å². The Kier molecular flexibility index (Phi) is 2.12. The number of fused-ring (bicyclic) bond motifs is 3. The third kappa shape index (κ3) is 1.39. The molecular formula is C15H14N2O. The number of nitrogens with zero attached hydrogens (tertiary/aromatic N) is 1. The van der Waals surface area contributed by atoms with Crippen molar-refractivity contribution < 1.29 is 4.79 Å². The smallest absolute Gasteiger partial charge is 0.165 e. The summed E-state index contributed by atoms with van der Waals surface area (Å²) in [6.07, 6.45) is 1.48. The average molecular weight is 238 g/mol. The largest absolute Gasteiger partial charge is 0.357 e. The molecule has 2 aromatic rings. The van der Waals surface area contributed by atoms with Crippen LogP contribution in [0.3, 0.4) is 0 Å². The number of nitriles is 1. The highest BCUT2D eigenvalue weighted by Crippen LogP contribution is 2.39. The second-order valence-corrected chi connectivity index (χ2v) is 5.55. The van der Waals surface area contributed by atoms with Gasteiger partial charge in [0.05, 0.1) is 11.6 Å². The average Bonchev–Trinajstić information content (AvgIpc) is 2.74. The second-order valence-electron chi connectivity index (χ2n) is 5.55. The minimum absolute atomic E-state index is 0.00489. The first-order valence-electron chi connectivity index (χ1n) is 6.12. The van der Waals surface area contributed by atoms with Gasteiger partial charge < -0.3 is 4.98 Å². The number of aromatic amines is 1.